The van der Waals surface area contributed by atoms with Gasteiger partial charge in [0.1, 0.15) is 17.6 Å². The third-order valence-corrected chi connectivity index (χ3v) is 8.23. The summed E-state index contributed by atoms with van der Waals surface area (Å²) >= 11 is 0. The van der Waals surface area contributed by atoms with Crippen LogP contribution in [0.4, 0.5) is 18.9 Å². The van der Waals surface area contributed by atoms with E-state index in [9.17, 15) is 23.4 Å². The van der Waals surface area contributed by atoms with Crippen LogP contribution in [0, 0.1) is 17.3 Å². The molecule has 32 heavy (non-hydrogen) atoms. The summed E-state index contributed by atoms with van der Waals surface area (Å²) < 4.78 is 46.5. The van der Waals surface area contributed by atoms with Gasteiger partial charge in [-0.05, 0) is 85.4 Å². The number of aromatic hydroxyl groups is 1. The first-order chi connectivity index (χ1) is 15.1. The van der Waals surface area contributed by atoms with E-state index in [0.717, 1.165) is 42.9 Å². The predicted molar refractivity (Wildman–Crippen MR) is 114 cm³/mol. The van der Waals surface area contributed by atoms with E-state index in [1.807, 2.05) is 6.07 Å². The van der Waals surface area contributed by atoms with Gasteiger partial charge in [0.25, 0.3) is 0 Å². The SMILES string of the molecule is C[C@]12C[C@H](Oc3ccc(N)c(C(F)(F)F)c3)[C@@H]3c4ccc(O)cc4CC[C@H]3[C@@H]1CC[C@@H]2O. The molecule has 0 aliphatic heterocycles. The molecular formula is C25H28F3NO3. The number of anilines is 1. The first-order valence-corrected chi connectivity index (χ1v) is 11.2. The second-order valence-corrected chi connectivity index (χ2v) is 9.92. The maximum absolute atomic E-state index is 13.4. The second-order valence-electron chi connectivity index (χ2n) is 9.92. The van der Waals surface area contributed by atoms with Crippen LogP contribution >= 0.6 is 0 Å². The lowest BCUT2D eigenvalue weighted by molar-refractivity contribution is -0.137. The lowest BCUT2D eigenvalue weighted by Crippen LogP contribution is -2.51. The van der Waals surface area contributed by atoms with E-state index >= 15 is 0 Å². The number of alkyl halides is 3. The van der Waals surface area contributed by atoms with Crippen LogP contribution in [0.2, 0.25) is 0 Å². The number of rotatable bonds is 2. The van der Waals surface area contributed by atoms with Crippen LogP contribution in [0.25, 0.3) is 0 Å². The van der Waals surface area contributed by atoms with Crippen LogP contribution in [0.3, 0.4) is 0 Å². The quantitative estimate of drug-likeness (QED) is 0.549. The summed E-state index contributed by atoms with van der Waals surface area (Å²) in [4.78, 5) is 0. The van der Waals surface area contributed by atoms with Crippen LogP contribution in [0.5, 0.6) is 11.5 Å². The fourth-order valence-electron chi connectivity index (χ4n) is 6.73. The van der Waals surface area contributed by atoms with E-state index in [1.165, 1.54) is 12.1 Å². The fraction of sp³-hybridized carbons (Fsp3) is 0.520. The van der Waals surface area contributed by atoms with E-state index in [-0.39, 0.29) is 40.5 Å². The number of benzene rings is 2. The number of halogens is 3. The smallest absolute Gasteiger partial charge is 0.418 e. The monoisotopic (exact) mass is 447 g/mol. The zero-order chi connectivity index (χ0) is 22.8. The number of nitrogens with two attached hydrogens (primary N) is 1. The minimum absolute atomic E-state index is 0.00499. The molecule has 0 heterocycles. The molecule has 6 atom stereocenters. The van der Waals surface area contributed by atoms with Crippen LogP contribution in [0.1, 0.15) is 55.2 Å². The molecule has 172 valence electrons. The van der Waals surface area contributed by atoms with Crippen molar-refractivity contribution in [1.82, 2.24) is 0 Å². The third kappa shape index (κ3) is 3.33. The standard InChI is InChI=1S/C25H28F3NO3/c1-24-12-21(32-15-4-8-20(29)19(11-15)25(26,27)28)23-16-6-3-14(30)10-13(16)2-5-17(23)18(24)7-9-22(24)31/h3-4,6,8,10-11,17-18,21-23,30-31H,2,5,7,9,12,29H2,1H3/t17-,18-,21-,22-,23+,24-/m0/s1. The van der Waals surface area contributed by atoms with Crippen molar-refractivity contribution < 1.29 is 28.1 Å². The largest absolute Gasteiger partial charge is 0.508 e. The average molecular weight is 447 g/mol. The number of nitrogen functional groups attached to an aromatic ring is 1. The molecular weight excluding hydrogens is 419 g/mol. The van der Waals surface area contributed by atoms with E-state index in [4.69, 9.17) is 10.5 Å². The van der Waals surface area contributed by atoms with Crippen molar-refractivity contribution in [3.63, 3.8) is 0 Å². The van der Waals surface area contributed by atoms with Gasteiger partial charge < -0.3 is 20.7 Å². The van der Waals surface area contributed by atoms with E-state index in [2.05, 4.69) is 6.92 Å². The zero-order valence-corrected chi connectivity index (χ0v) is 17.9. The molecule has 2 fully saturated rings. The summed E-state index contributed by atoms with van der Waals surface area (Å²) in [6.45, 7) is 2.10. The van der Waals surface area contributed by atoms with Gasteiger partial charge in [-0.15, -0.1) is 0 Å². The summed E-state index contributed by atoms with van der Waals surface area (Å²) in [5.74, 6) is 0.945. The number of ether oxygens (including phenoxy) is 1. The Morgan fingerprint density at radius 1 is 1.09 bits per heavy atom. The van der Waals surface area contributed by atoms with Crippen molar-refractivity contribution in [2.45, 2.75) is 63.3 Å². The highest BCUT2D eigenvalue weighted by atomic mass is 19.4. The van der Waals surface area contributed by atoms with Crippen molar-refractivity contribution in [3.05, 3.63) is 53.1 Å². The Morgan fingerprint density at radius 3 is 2.62 bits per heavy atom. The average Bonchev–Trinajstić information content (AvgIpc) is 3.02. The molecule has 4 N–H and O–H groups in total. The molecule has 7 heteroatoms. The molecule has 4 nitrogen and oxygen atoms in total. The molecule has 0 unspecified atom stereocenters. The van der Waals surface area contributed by atoms with Gasteiger partial charge in [0.05, 0.1) is 11.7 Å². The van der Waals surface area contributed by atoms with Gasteiger partial charge in [0.2, 0.25) is 0 Å². The lowest BCUT2D eigenvalue weighted by Gasteiger charge is -2.53. The van der Waals surface area contributed by atoms with Crippen LogP contribution in [-0.4, -0.2) is 22.4 Å². The Morgan fingerprint density at radius 2 is 1.88 bits per heavy atom. The van der Waals surface area contributed by atoms with Gasteiger partial charge in [-0.25, -0.2) is 0 Å². The zero-order valence-electron chi connectivity index (χ0n) is 17.9. The maximum Gasteiger partial charge on any atom is 0.418 e. The van der Waals surface area contributed by atoms with Crippen molar-refractivity contribution >= 4 is 5.69 Å². The Hall–Kier alpha value is -2.41. The molecule has 3 aliphatic carbocycles. The van der Waals surface area contributed by atoms with Crippen LogP contribution in [-0.2, 0) is 12.6 Å². The number of aryl methyl sites for hydroxylation is 1. The Balaban J connectivity index is 1.56. The maximum atomic E-state index is 13.4. The Kier molecular flexibility index (Phi) is 4.89. The molecule has 2 saturated carbocycles. The number of phenolic OH excluding ortho intramolecular Hbond substituents is 1. The molecule has 0 amide bonds. The first-order valence-electron chi connectivity index (χ1n) is 11.2. The normalized spacial score (nSPS) is 33.8. The van der Waals surface area contributed by atoms with E-state index in [0.29, 0.717) is 12.3 Å². The molecule has 0 spiro atoms. The number of aliphatic hydroxyl groups is 1. The fourth-order valence-corrected chi connectivity index (χ4v) is 6.73. The van der Waals surface area contributed by atoms with Gasteiger partial charge in [0.15, 0.2) is 0 Å². The van der Waals surface area contributed by atoms with Gasteiger partial charge in [-0.2, -0.15) is 13.2 Å². The number of phenols is 1. The highest BCUT2D eigenvalue weighted by Gasteiger charge is 2.58. The predicted octanol–water partition coefficient (Wildman–Crippen LogP) is 5.27. The summed E-state index contributed by atoms with van der Waals surface area (Å²) in [6, 6.07) is 9.08. The molecule has 5 rings (SSSR count). The summed E-state index contributed by atoms with van der Waals surface area (Å²) in [5.41, 5.74) is 6.17. The molecule has 0 bridgehead atoms. The van der Waals surface area contributed by atoms with Gasteiger partial charge in [0, 0.05) is 17.0 Å². The van der Waals surface area contributed by atoms with Crippen molar-refractivity contribution in [2.75, 3.05) is 5.73 Å². The molecule has 3 aliphatic rings. The van der Waals surface area contributed by atoms with Crippen molar-refractivity contribution in [2.24, 2.45) is 17.3 Å². The third-order valence-electron chi connectivity index (χ3n) is 8.23. The Bertz CT molecular complexity index is 1040. The molecule has 2 aromatic rings. The molecule has 0 aromatic heterocycles. The van der Waals surface area contributed by atoms with Gasteiger partial charge >= 0.3 is 6.18 Å². The number of aliphatic hydroxyl groups excluding tert-OH is 1. The second kappa shape index (κ2) is 7.30. The van der Waals surface area contributed by atoms with Gasteiger partial charge in [-0.1, -0.05) is 13.0 Å². The van der Waals surface area contributed by atoms with Crippen LogP contribution < -0.4 is 10.5 Å². The summed E-state index contributed by atoms with van der Waals surface area (Å²) in [6.07, 6.45) is -1.42. The summed E-state index contributed by atoms with van der Waals surface area (Å²) in [5, 5.41) is 20.8. The summed E-state index contributed by atoms with van der Waals surface area (Å²) in [7, 11) is 0. The minimum atomic E-state index is -4.56. The lowest BCUT2D eigenvalue weighted by atomic mass is 9.54. The highest BCUT2D eigenvalue weighted by Crippen LogP contribution is 2.61. The van der Waals surface area contributed by atoms with Crippen molar-refractivity contribution in [1.29, 1.82) is 0 Å². The minimum Gasteiger partial charge on any atom is -0.508 e. The van der Waals surface area contributed by atoms with Crippen LogP contribution in [0.15, 0.2) is 36.4 Å². The number of hydrogen-bond acceptors (Lipinski definition) is 4. The van der Waals surface area contributed by atoms with E-state index in [1.54, 1.807) is 12.1 Å². The van der Waals surface area contributed by atoms with Crippen molar-refractivity contribution in [3.8, 4) is 11.5 Å². The molecule has 0 saturated heterocycles. The topological polar surface area (TPSA) is 75.7 Å². The first kappa shape index (κ1) is 21.4. The molecule has 0 radical (unpaired) electrons. The number of hydrogen-bond donors (Lipinski definition) is 3. The van der Waals surface area contributed by atoms with E-state index < -0.39 is 17.8 Å². The number of fused-ring (bicyclic) bond motifs is 5. The Labute approximate surface area is 185 Å². The highest BCUT2D eigenvalue weighted by molar-refractivity contribution is 5.52. The molecule has 2 aromatic carbocycles. The van der Waals surface area contributed by atoms with Gasteiger partial charge in [-0.3, -0.25) is 0 Å².